The summed E-state index contributed by atoms with van der Waals surface area (Å²) in [5.74, 6) is 0. The second-order valence-electron chi connectivity index (χ2n) is 10.8. The molecule has 0 amide bonds. The summed E-state index contributed by atoms with van der Waals surface area (Å²) in [7, 11) is 0. The van der Waals surface area contributed by atoms with Gasteiger partial charge in [0.2, 0.25) is 0 Å². The van der Waals surface area contributed by atoms with Gasteiger partial charge < -0.3 is 13.6 Å². The third kappa shape index (κ3) is 3.14. The number of benzene rings is 6. The van der Waals surface area contributed by atoms with E-state index in [2.05, 4.69) is 94.1 Å². The Morgan fingerprint density at radius 2 is 1.23 bits per heavy atom. The van der Waals surface area contributed by atoms with Crippen LogP contribution in [0.4, 0.5) is 0 Å². The molecule has 3 heterocycles. The van der Waals surface area contributed by atoms with Crippen molar-refractivity contribution in [3.05, 3.63) is 132 Å². The van der Waals surface area contributed by atoms with E-state index in [-0.39, 0.29) is 0 Å². The van der Waals surface area contributed by atoms with Gasteiger partial charge >= 0.3 is 0 Å². The van der Waals surface area contributed by atoms with Crippen molar-refractivity contribution in [2.75, 3.05) is 0 Å². The molecule has 3 aromatic heterocycles. The van der Waals surface area contributed by atoms with Crippen LogP contribution in [0.3, 0.4) is 0 Å². The fraction of sp³-hybridized carbons (Fsp3) is 0. The minimum Gasteiger partial charge on any atom is -0.454 e. The van der Waals surface area contributed by atoms with Gasteiger partial charge in [0.05, 0.1) is 51.0 Å². The highest BCUT2D eigenvalue weighted by molar-refractivity contribution is 6.15. The molecule has 0 unspecified atom stereocenters. The number of rotatable bonds is 2. The predicted molar refractivity (Wildman–Crippen MR) is 172 cm³/mol. The molecule has 9 rings (SSSR count). The Balaban J connectivity index is 1.36. The SMILES string of the molecule is N#Cc1ccc2oc3c(-n4c5ccccc5c5cc(-n6c7ccccc7c7c(C#N)cccc76)ccc54)cccc3c2c1. The molecule has 0 radical (unpaired) electrons. The molecular formula is C38H20N4O. The van der Waals surface area contributed by atoms with Crippen molar-refractivity contribution in [2.45, 2.75) is 0 Å². The van der Waals surface area contributed by atoms with Crippen LogP contribution in [0, 0.1) is 22.7 Å². The van der Waals surface area contributed by atoms with E-state index < -0.39 is 0 Å². The fourth-order valence-corrected chi connectivity index (χ4v) is 6.78. The molecule has 0 aliphatic carbocycles. The fourth-order valence-electron chi connectivity index (χ4n) is 6.78. The quantitative estimate of drug-likeness (QED) is 0.216. The van der Waals surface area contributed by atoms with Crippen LogP contribution in [-0.2, 0) is 0 Å². The standard InChI is InChI=1S/C38H20N4O/c39-21-23-15-18-36-30(19-23)27-10-6-14-35(38(27)43-36)42-31-11-3-1-8-26(31)29-20-25(16-17-33(29)42)41-32-12-4-2-9-28(32)37-24(22-40)7-5-13-34(37)41/h1-20H. The lowest BCUT2D eigenvalue weighted by Gasteiger charge is -2.10. The van der Waals surface area contributed by atoms with E-state index in [1.165, 1.54) is 0 Å². The zero-order valence-electron chi connectivity index (χ0n) is 22.7. The number of para-hydroxylation sites is 3. The lowest BCUT2D eigenvalue weighted by Crippen LogP contribution is -1.96. The lowest BCUT2D eigenvalue weighted by molar-refractivity contribution is 0.666. The van der Waals surface area contributed by atoms with E-state index in [1.54, 1.807) is 6.07 Å². The van der Waals surface area contributed by atoms with Crippen LogP contribution in [0.2, 0.25) is 0 Å². The first kappa shape index (κ1) is 23.4. The van der Waals surface area contributed by atoms with Crippen LogP contribution < -0.4 is 0 Å². The van der Waals surface area contributed by atoms with Gasteiger partial charge in [-0.1, -0.05) is 54.6 Å². The molecule has 0 spiro atoms. The Bertz CT molecular complexity index is 2710. The van der Waals surface area contributed by atoms with Gasteiger partial charge in [-0.2, -0.15) is 10.5 Å². The Kier molecular flexibility index (Phi) is 4.68. The number of nitriles is 2. The summed E-state index contributed by atoms with van der Waals surface area (Å²) in [5.41, 5.74) is 9.01. The maximum atomic E-state index is 9.91. The van der Waals surface area contributed by atoms with Crippen molar-refractivity contribution in [3.8, 4) is 23.5 Å². The summed E-state index contributed by atoms with van der Waals surface area (Å²) >= 11 is 0. The molecule has 0 aliphatic rings. The summed E-state index contributed by atoms with van der Waals surface area (Å²) in [6, 6.07) is 45.6. The minimum atomic E-state index is 0.608. The average Bonchev–Trinajstić information content (AvgIpc) is 3.71. The first-order valence-corrected chi connectivity index (χ1v) is 14.1. The molecule has 9 aromatic rings. The smallest absolute Gasteiger partial charge is 0.159 e. The molecule has 5 nitrogen and oxygen atoms in total. The van der Waals surface area contributed by atoms with Crippen LogP contribution in [0.5, 0.6) is 0 Å². The summed E-state index contributed by atoms with van der Waals surface area (Å²) < 4.78 is 11.0. The topological polar surface area (TPSA) is 70.6 Å². The Morgan fingerprint density at radius 1 is 0.512 bits per heavy atom. The first-order chi connectivity index (χ1) is 21.2. The van der Waals surface area contributed by atoms with E-state index in [0.717, 1.165) is 76.9 Å². The number of nitrogens with zero attached hydrogens (tertiary/aromatic N) is 4. The second kappa shape index (κ2) is 8.60. The Morgan fingerprint density at radius 3 is 2.07 bits per heavy atom. The van der Waals surface area contributed by atoms with Gasteiger partial charge in [0.25, 0.3) is 0 Å². The van der Waals surface area contributed by atoms with Gasteiger partial charge in [-0.3, -0.25) is 0 Å². The largest absolute Gasteiger partial charge is 0.454 e. The van der Waals surface area contributed by atoms with Gasteiger partial charge in [-0.15, -0.1) is 0 Å². The normalized spacial score (nSPS) is 11.7. The number of furan rings is 1. The number of aromatic nitrogens is 2. The molecule has 0 bridgehead atoms. The highest BCUT2D eigenvalue weighted by Crippen LogP contribution is 2.40. The van der Waals surface area contributed by atoms with E-state index in [4.69, 9.17) is 4.42 Å². The molecule has 0 fully saturated rings. The highest BCUT2D eigenvalue weighted by Gasteiger charge is 2.20. The van der Waals surface area contributed by atoms with Crippen LogP contribution >= 0.6 is 0 Å². The third-order valence-electron chi connectivity index (χ3n) is 8.58. The van der Waals surface area contributed by atoms with Crippen molar-refractivity contribution in [1.82, 2.24) is 9.13 Å². The Labute approximate surface area is 245 Å². The third-order valence-corrected chi connectivity index (χ3v) is 8.58. The van der Waals surface area contributed by atoms with E-state index in [1.807, 2.05) is 42.5 Å². The summed E-state index contributed by atoms with van der Waals surface area (Å²) in [6.45, 7) is 0. The maximum absolute atomic E-state index is 9.91. The van der Waals surface area contributed by atoms with Crippen molar-refractivity contribution >= 4 is 65.6 Å². The van der Waals surface area contributed by atoms with E-state index >= 15 is 0 Å². The molecule has 0 saturated heterocycles. The van der Waals surface area contributed by atoms with Crippen LogP contribution in [0.1, 0.15) is 11.1 Å². The average molecular weight is 549 g/mol. The molecule has 43 heavy (non-hydrogen) atoms. The second-order valence-corrected chi connectivity index (χ2v) is 10.8. The van der Waals surface area contributed by atoms with Crippen molar-refractivity contribution < 1.29 is 4.42 Å². The van der Waals surface area contributed by atoms with Gasteiger partial charge in [-0.05, 0) is 66.7 Å². The van der Waals surface area contributed by atoms with Crippen molar-refractivity contribution in [3.63, 3.8) is 0 Å². The monoisotopic (exact) mass is 548 g/mol. The number of hydrogen-bond acceptors (Lipinski definition) is 3. The molecule has 0 atom stereocenters. The van der Waals surface area contributed by atoms with Gasteiger partial charge in [0.1, 0.15) is 5.58 Å². The summed E-state index contributed by atoms with van der Waals surface area (Å²) in [6.07, 6.45) is 0. The molecule has 0 saturated carbocycles. The Hall–Kier alpha value is -6.30. The number of hydrogen-bond donors (Lipinski definition) is 0. The van der Waals surface area contributed by atoms with Crippen LogP contribution in [-0.4, -0.2) is 9.13 Å². The zero-order valence-corrected chi connectivity index (χ0v) is 22.7. The van der Waals surface area contributed by atoms with E-state index in [0.29, 0.717) is 11.1 Å². The van der Waals surface area contributed by atoms with Gasteiger partial charge in [0, 0.05) is 38.0 Å². The molecule has 198 valence electrons. The zero-order chi connectivity index (χ0) is 28.7. The maximum Gasteiger partial charge on any atom is 0.159 e. The summed E-state index contributed by atoms with van der Waals surface area (Å²) in [5, 5.41) is 25.6. The van der Waals surface area contributed by atoms with Gasteiger partial charge in [-0.25, -0.2) is 0 Å². The van der Waals surface area contributed by atoms with Crippen molar-refractivity contribution in [2.24, 2.45) is 0 Å². The highest BCUT2D eigenvalue weighted by atomic mass is 16.3. The van der Waals surface area contributed by atoms with Crippen LogP contribution in [0.25, 0.3) is 76.9 Å². The lowest BCUT2D eigenvalue weighted by atomic mass is 10.1. The number of fused-ring (bicyclic) bond motifs is 9. The summed E-state index contributed by atoms with van der Waals surface area (Å²) in [4.78, 5) is 0. The molecule has 0 N–H and O–H groups in total. The molecule has 0 aliphatic heterocycles. The van der Waals surface area contributed by atoms with Crippen molar-refractivity contribution in [1.29, 1.82) is 10.5 Å². The predicted octanol–water partition coefficient (Wildman–Crippen LogP) is 9.52. The molecule has 5 heteroatoms. The van der Waals surface area contributed by atoms with Gasteiger partial charge in [0.15, 0.2) is 5.58 Å². The first-order valence-electron chi connectivity index (χ1n) is 14.1. The molecule has 6 aromatic carbocycles. The van der Waals surface area contributed by atoms with E-state index in [9.17, 15) is 10.5 Å². The molecular weight excluding hydrogens is 528 g/mol. The minimum absolute atomic E-state index is 0.608. The van der Waals surface area contributed by atoms with Crippen LogP contribution in [0.15, 0.2) is 126 Å².